The molecule has 0 fully saturated rings. The Hall–Kier alpha value is -3.13. The van der Waals surface area contributed by atoms with E-state index in [1.807, 2.05) is 24.3 Å². The summed E-state index contributed by atoms with van der Waals surface area (Å²) in [7, 11) is 1.60. The molecule has 0 saturated heterocycles. The number of nitrogens with zero attached hydrogens (tertiary/aromatic N) is 1. The maximum atomic E-state index is 12.3. The van der Waals surface area contributed by atoms with Crippen LogP contribution in [0.25, 0.3) is 0 Å². The van der Waals surface area contributed by atoms with E-state index in [-0.39, 0.29) is 10.6 Å². The molecule has 3 aromatic carbocycles. The summed E-state index contributed by atoms with van der Waals surface area (Å²) >= 11 is 17.1. The molecule has 0 heterocycles. The average molecular weight is 474 g/mol. The molecule has 158 valence electrons. The normalized spacial score (nSPS) is 10.5. The Labute approximate surface area is 194 Å². The summed E-state index contributed by atoms with van der Waals surface area (Å²) in [5.74, 6) is 0.513. The number of hydrogen-bond acceptors (Lipinski definition) is 5. The Morgan fingerprint density at radius 1 is 1.03 bits per heavy atom. The zero-order valence-electron chi connectivity index (χ0n) is 16.3. The second-order valence-electron chi connectivity index (χ2n) is 6.14. The minimum atomic E-state index is -0.584. The fourth-order valence-electron chi connectivity index (χ4n) is 2.47. The smallest absolute Gasteiger partial charge is 0.345 e. The van der Waals surface area contributed by atoms with Gasteiger partial charge in [0.25, 0.3) is 0 Å². The van der Waals surface area contributed by atoms with E-state index < -0.39 is 5.97 Å². The molecule has 0 saturated carbocycles. The van der Waals surface area contributed by atoms with Crippen LogP contribution in [-0.2, 0) is 0 Å². The number of anilines is 1. The molecule has 0 spiro atoms. The van der Waals surface area contributed by atoms with Crippen molar-refractivity contribution in [3.05, 3.63) is 87.9 Å². The van der Waals surface area contributed by atoms with E-state index in [2.05, 4.69) is 15.8 Å². The molecule has 31 heavy (non-hydrogen) atoms. The maximum absolute atomic E-state index is 12.3. The third kappa shape index (κ3) is 6.68. The standard InChI is InChI=1S/C22H17Cl2N3O3S/c1-29-17-8-6-16(7-9-17)26-22(31)27-25-13-14-3-2-4-18(11-14)30-21(28)19-10-5-15(23)12-20(19)24/h2-13H,1H3,(H2,26,27,31). The van der Waals surface area contributed by atoms with Crippen LogP contribution >= 0.6 is 35.4 Å². The van der Waals surface area contributed by atoms with Gasteiger partial charge in [0.1, 0.15) is 11.5 Å². The van der Waals surface area contributed by atoms with Crippen LogP contribution in [0.5, 0.6) is 11.5 Å². The molecule has 0 unspecified atom stereocenters. The molecule has 0 radical (unpaired) electrons. The molecule has 9 heteroatoms. The molecule has 0 amide bonds. The highest BCUT2D eigenvalue weighted by Gasteiger charge is 2.13. The summed E-state index contributed by atoms with van der Waals surface area (Å²) in [5.41, 5.74) is 4.45. The molecule has 2 N–H and O–H groups in total. The van der Waals surface area contributed by atoms with Crippen molar-refractivity contribution >= 4 is 58.4 Å². The van der Waals surface area contributed by atoms with Crippen molar-refractivity contribution in [3.8, 4) is 11.5 Å². The van der Waals surface area contributed by atoms with Gasteiger partial charge in [0.15, 0.2) is 5.11 Å². The highest BCUT2D eigenvalue weighted by Crippen LogP contribution is 2.23. The van der Waals surface area contributed by atoms with E-state index >= 15 is 0 Å². The van der Waals surface area contributed by atoms with Gasteiger partial charge in [-0.2, -0.15) is 5.10 Å². The van der Waals surface area contributed by atoms with Crippen molar-refractivity contribution in [3.63, 3.8) is 0 Å². The van der Waals surface area contributed by atoms with E-state index in [9.17, 15) is 4.79 Å². The minimum absolute atomic E-state index is 0.220. The predicted molar refractivity (Wildman–Crippen MR) is 128 cm³/mol. The minimum Gasteiger partial charge on any atom is -0.497 e. The number of hydrazone groups is 1. The molecule has 0 aliphatic carbocycles. The first-order valence-electron chi connectivity index (χ1n) is 8.96. The number of carbonyl (C=O) groups excluding carboxylic acids is 1. The predicted octanol–water partition coefficient (Wildman–Crippen LogP) is 5.54. The second-order valence-corrected chi connectivity index (χ2v) is 7.39. The Morgan fingerprint density at radius 3 is 2.52 bits per heavy atom. The quantitative estimate of drug-likeness (QED) is 0.161. The van der Waals surface area contributed by atoms with Crippen LogP contribution < -0.4 is 20.2 Å². The van der Waals surface area contributed by atoms with Gasteiger partial charge in [0.05, 0.1) is 23.9 Å². The third-order valence-corrected chi connectivity index (χ3v) is 4.69. The van der Waals surface area contributed by atoms with Crippen molar-refractivity contribution in [2.75, 3.05) is 12.4 Å². The van der Waals surface area contributed by atoms with Gasteiger partial charge in [-0.1, -0.05) is 35.3 Å². The third-order valence-electron chi connectivity index (χ3n) is 3.95. The number of rotatable bonds is 6. The zero-order valence-corrected chi connectivity index (χ0v) is 18.6. The van der Waals surface area contributed by atoms with Gasteiger partial charge in [-0.05, 0) is 72.4 Å². The van der Waals surface area contributed by atoms with Gasteiger partial charge in [-0.3, -0.25) is 5.43 Å². The topological polar surface area (TPSA) is 71.9 Å². The zero-order chi connectivity index (χ0) is 22.2. The summed E-state index contributed by atoms with van der Waals surface area (Å²) in [6, 6.07) is 18.7. The van der Waals surface area contributed by atoms with Crippen LogP contribution in [0.1, 0.15) is 15.9 Å². The number of nitrogens with one attached hydrogen (secondary N) is 2. The van der Waals surface area contributed by atoms with Crippen LogP contribution in [0.3, 0.4) is 0 Å². The van der Waals surface area contributed by atoms with Crippen molar-refractivity contribution in [2.45, 2.75) is 0 Å². The molecular formula is C22H17Cl2N3O3S. The van der Waals surface area contributed by atoms with Gasteiger partial charge in [-0.25, -0.2) is 4.79 Å². The van der Waals surface area contributed by atoms with Gasteiger partial charge < -0.3 is 14.8 Å². The number of hydrogen-bond donors (Lipinski definition) is 2. The SMILES string of the molecule is COc1ccc(NC(=S)NN=Cc2cccc(OC(=O)c3ccc(Cl)cc3Cl)c2)cc1. The Kier molecular flexibility index (Phi) is 7.83. The van der Waals surface area contributed by atoms with Crippen LogP contribution in [0, 0.1) is 0 Å². The summed E-state index contributed by atoms with van der Waals surface area (Å²) in [4.78, 5) is 12.3. The number of benzene rings is 3. The van der Waals surface area contributed by atoms with Crippen LogP contribution in [-0.4, -0.2) is 24.4 Å². The fourth-order valence-corrected chi connectivity index (χ4v) is 3.13. The fraction of sp³-hybridized carbons (Fsp3) is 0.0455. The van der Waals surface area contributed by atoms with Gasteiger partial charge in [0.2, 0.25) is 0 Å². The van der Waals surface area contributed by atoms with Crippen molar-refractivity contribution in [2.24, 2.45) is 5.10 Å². The summed E-state index contributed by atoms with van der Waals surface area (Å²) in [5, 5.41) is 8.08. The number of thiocarbonyl (C=S) groups is 1. The molecule has 0 bridgehead atoms. The van der Waals surface area contributed by atoms with E-state index in [1.54, 1.807) is 43.7 Å². The Bertz CT molecular complexity index is 1120. The Balaban J connectivity index is 1.57. The van der Waals surface area contributed by atoms with Gasteiger partial charge >= 0.3 is 5.97 Å². The summed E-state index contributed by atoms with van der Waals surface area (Å²) in [6.07, 6.45) is 1.55. The van der Waals surface area contributed by atoms with Crippen LogP contribution in [0.2, 0.25) is 10.0 Å². The number of halogens is 2. The molecule has 0 aliphatic heterocycles. The van der Waals surface area contributed by atoms with Crippen molar-refractivity contribution in [1.82, 2.24) is 5.43 Å². The lowest BCUT2D eigenvalue weighted by Crippen LogP contribution is -2.23. The lowest BCUT2D eigenvalue weighted by Gasteiger charge is -2.08. The summed E-state index contributed by atoms with van der Waals surface area (Å²) in [6.45, 7) is 0. The highest BCUT2D eigenvalue weighted by atomic mass is 35.5. The van der Waals surface area contributed by atoms with Crippen LogP contribution in [0.4, 0.5) is 5.69 Å². The largest absolute Gasteiger partial charge is 0.497 e. The second kappa shape index (κ2) is 10.8. The molecule has 3 rings (SSSR count). The number of esters is 1. The Morgan fingerprint density at radius 2 is 1.81 bits per heavy atom. The molecule has 0 aromatic heterocycles. The van der Waals surface area contributed by atoms with E-state index in [4.69, 9.17) is 44.9 Å². The lowest BCUT2D eigenvalue weighted by atomic mass is 10.2. The van der Waals surface area contributed by atoms with Crippen molar-refractivity contribution < 1.29 is 14.3 Å². The first kappa shape index (κ1) is 22.6. The van der Waals surface area contributed by atoms with Gasteiger partial charge in [0, 0.05) is 10.7 Å². The lowest BCUT2D eigenvalue weighted by molar-refractivity contribution is 0.0735. The molecule has 0 aliphatic rings. The van der Waals surface area contributed by atoms with Gasteiger partial charge in [-0.15, -0.1) is 0 Å². The number of carbonyl (C=O) groups is 1. The van der Waals surface area contributed by atoms with E-state index in [0.717, 1.165) is 11.4 Å². The molecular weight excluding hydrogens is 457 g/mol. The van der Waals surface area contributed by atoms with E-state index in [1.165, 1.54) is 12.1 Å². The molecule has 6 nitrogen and oxygen atoms in total. The monoisotopic (exact) mass is 473 g/mol. The number of ether oxygens (including phenoxy) is 2. The first-order valence-corrected chi connectivity index (χ1v) is 10.1. The number of methoxy groups -OCH3 is 1. The highest BCUT2D eigenvalue weighted by molar-refractivity contribution is 7.80. The average Bonchev–Trinajstić information content (AvgIpc) is 2.74. The molecule has 3 aromatic rings. The molecule has 0 atom stereocenters. The first-order chi connectivity index (χ1) is 14.9. The van der Waals surface area contributed by atoms with E-state index in [0.29, 0.717) is 21.4 Å². The summed E-state index contributed by atoms with van der Waals surface area (Å²) < 4.78 is 10.5. The maximum Gasteiger partial charge on any atom is 0.345 e. The van der Waals surface area contributed by atoms with Crippen molar-refractivity contribution in [1.29, 1.82) is 0 Å². The van der Waals surface area contributed by atoms with Crippen LogP contribution in [0.15, 0.2) is 71.8 Å².